The molecule has 1 aromatic heterocycles. The molecule has 0 spiro atoms. The Kier molecular flexibility index (Phi) is 5.95. The van der Waals surface area contributed by atoms with E-state index in [2.05, 4.69) is 20.9 Å². The minimum atomic E-state index is -2.74. The fourth-order valence-corrected chi connectivity index (χ4v) is 2.15. The topological polar surface area (TPSA) is 39.2 Å². The summed E-state index contributed by atoms with van der Waals surface area (Å²) in [4.78, 5) is 15.2. The Morgan fingerprint density at radius 3 is 2.78 bits per heavy atom. The summed E-state index contributed by atoms with van der Waals surface area (Å²) in [5.41, 5.74) is -0.0457. The molecule has 0 aliphatic carbocycles. The molecule has 0 radical (unpaired) electrons. The minimum Gasteiger partial charge on any atom is -0.466 e. The van der Waals surface area contributed by atoms with Crippen LogP contribution in [-0.2, 0) is 21.8 Å². The summed E-state index contributed by atoms with van der Waals surface area (Å²) < 4.78 is 31.1. The Morgan fingerprint density at radius 2 is 2.28 bits per heavy atom. The van der Waals surface area contributed by atoms with Gasteiger partial charge in [0, 0.05) is 16.2 Å². The fourth-order valence-electron chi connectivity index (χ4n) is 1.49. The number of halogens is 4. The normalized spacial score (nSPS) is 10.8. The van der Waals surface area contributed by atoms with Crippen molar-refractivity contribution in [2.24, 2.45) is 0 Å². The number of hydrogen-bond acceptors (Lipinski definition) is 3. The lowest BCUT2D eigenvalue weighted by molar-refractivity contribution is -0.142. The maximum Gasteiger partial charge on any atom is 0.310 e. The van der Waals surface area contributed by atoms with Gasteiger partial charge >= 0.3 is 5.97 Å². The third-order valence-corrected chi connectivity index (χ3v) is 3.17. The van der Waals surface area contributed by atoms with E-state index in [0.717, 1.165) is 0 Å². The third kappa shape index (κ3) is 3.62. The Labute approximate surface area is 117 Å². The first-order valence-electron chi connectivity index (χ1n) is 5.17. The number of ether oxygens (including phenoxy) is 1. The van der Waals surface area contributed by atoms with Crippen molar-refractivity contribution in [2.75, 3.05) is 6.61 Å². The molecule has 0 fully saturated rings. The van der Waals surface area contributed by atoms with E-state index in [-0.39, 0.29) is 35.7 Å². The molecule has 100 valence electrons. The Hall–Kier alpha value is -0.750. The molecule has 1 aromatic rings. The Balaban J connectivity index is 3.18. The van der Waals surface area contributed by atoms with Crippen LogP contribution in [-0.4, -0.2) is 17.6 Å². The smallest absolute Gasteiger partial charge is 0.310 e. The van der Waals surface area contributed by atoms with Crippen molar-refractivity contribution < 1.29 is 18.3 Å². The second-order valence-corrected chi connectivity index (χ2v) is 4.48. The maximum atomic E-state index is 13.0. The summed E-state index contributed by atoms with van der Waals surface area (Å²) in [5.74, 6) is -0.699. The average molecular weight is 343 g/mol. The van der Waals surface area contributed by atoms with Crippen molar-refractivity contribution >= 4 is 33.5 Å². The highest BCUT2D eigenvalue weighted by Crippen LogP contribution is 2.31. The van der Waals surface area contributed by atoms with Crippen LogP contribution >= 0.6 is 27.5 Å². The standard InChI is InChI=1S/C11H11BrClF2NO2/c1-2-18-9(17)3-6-7(12)5-16-8(4-13)10(6)11(14)15/h5,11H,2-4H2,1H3. The molecule has 1 heterocycles. The number of pyridine rings is 1. The zero-order valence-corrected chi connectivity index (χ0v) is 11.9. The zero-order valence-electron chi connectivity index (χ0n) is 9.55. The number of aromatic nitrogens is 1. The molecule has 7 heteroatoms. The zero-order chi connectivity index (χ0) is 13.7. The molecular formula is C11H11BrClF2NO2. The first-order valence-corrected chi connectivity index (χ1v) is 6.49. The second kappa shape index (κ2) is 6.99. The first kappa shape index (κ1) is 15.3. The lowest BCUT2D eigenvalue weighted by Crippen LogP contribution is -2.12. The third-order valence-electron chi connectivity index (χ3n) is 2.23. The lowest BCUT2D eigenvalue weighted by atomic mass is 10.0. The summed E-state index contributed by atoms with van der Waals surface area (Å²) in [6.07, 6.45) is -1.62. The number of esters is 1. The average Bonchev–Trinajstić information content (AvgIpc) is 2.31. The van der Waals surface area contributed by atoms with Gasteiger partial charge < -0.3 is 4.74 Å². The van der Waals surface area contributed by atoms with Crippen LogP contribution in [0.3, 0.4) is 0 Å². The predicted molar refractivity (Wildman–Crippen MR) is 66.8 cm³/mol. The van der Waals surface area contributed by atoms with Gasteiger partial charge in [0.05, 0.1) is 24.6 Å². The number of carbonyl (C=O) groups excluding carboxylic acids is 1. The number of nitrogens with zero attached hydrogens (tertiary/aromatic N) is 1. The van der Waals surface area contributed by atoms with Gasteiger partial charge in [-0.05, 0) is 28.4 Å². The van der Waals surface area contributed by atoms with Crippen LogP contribution in [0.4, 0.5) is 8.78 Å². The number of hydrogen-bond donors (Lipinski definition) is 0. The number of carbonyl (C=O) groups is 1. The van der Waals surface area contributed by atoms with Gasteiger partial charge in [-0.2, -0.15) is 0 Å². The minimum absolute atomic E-state index is 0.0779. The highest BCUT2D eigenvalue weighted by Gasteiger charge is 2.23. The van der Waals surface area contributed by atoms with E-state index in [1.807, 2.05) is 0 Å². The predicted octanol–water partition coefficient (Wildman–Crippen LogP) is 3.63. The summed E-state index contributed by atoms with van der Waals surface area (Å²) in [6.45, 7) is 1.85. The highest BCUT2D eigenvalue weighted by atomic mass is 79.9. The van der Waals surface area contributed by atoms with Gasteiger partial charge in [0.2, 0.25) is 0 Å². The Bertz CT molecular complexity index is 443. The van der Waals surface area contributed by atoms with E-state index in [9.17, 15) is 13.6 Å². The molecule has 0 unspecified atom stereocenters. The summed E-state index contributed by atoms with van der Waals surface area (Å²) in [6, 6.07) is 0. The van der Waals surface area contributed by atoms with Gasteiger partial charge in [-0.1, -0.05) is 0 Å². The summed E-state index contributed by atoms with van der Waals surface area (Å²) >= 11 is 8.68. The summed E-state index contributed by atoms with van der Waals surface area (Å²) in [5, 5.41) is 0. The van der Waals surface area contributed by atoms with E-state index in [4.69, 9.17) is 16.3 Å². The van der Waals surface area contributed by atoms with Crippen LogP contribution in [0.1, 0.15) is 30.2 Å². The van der Waals surface area contributed by atoms with Crippen LogP contribution in [0.15, 0.2) is 10.7 Å². The van der Waals surface area contributed by atoms with Crippen molar-refractivity contribution in [3.63, 3.8) is 0 Å². The van der Waals surface area contributed by atoms with E-state index >= 15 is 0 Å². The van der Waals surface area contributed by atoms with E-state index in [1.165, 1.54) is 6.20 Å². The van der Waals surface area contributed by atoms with Crippen LogP contribution in [0.5, 0.6) is 0 Å². The molecule has 0 aliphatic rings. The molecule has 18 heavy (non-hydrogen) atoms. The van der Waals surface area contributed by atoms with E-state index in [1.54, 1.807) is 6.92 Å². The molecule has 0 aromatic carbocycles. The highest BCUT2D eigenvalue weighted by molar-refractivity contribution is 9.10. The second-order valence-electron chi connectivity index (χ2n) is 3.36. The quantitative estimate of drug-likeness (QED) is 0.606. The molecule has 0 saturated carbocycles. The molecule has 0 aliphatic heterocycles. The molecule has 0 bridgehead atoms. The first-order chi connectivity index (χ1) is 8.51. The lowest BCUT2D eigenvalue weighted by Gasteiger charge is -2.13. The largest absolute Gasteiger partial charge is 0.466 e. The van der Waals surface area contributed by atoms with Crippen molar-refractivity contribution in [3.05, 3.63) is 27.5 Å². The fraction of sp³-hybridized carbons (Fsp3) is 0.455. The van der Waals surface area contributed by atoms with Crippen LogP contribution in [0.2, 0.25) is 0 Å². The van der Waals surface area contributed by atoms with Gasteiger partial charge in [0.1, 0.15) is 0 Å². The molecule has 3 nitrogen and oxygen atoms in total. The van der Waals surface area contributed by atoms with Gasteiger partial charge in [0.15, 0.2) is 0 Å². The van der Waals surface area contributed by atoms with Crippen molar-refractivity contribution in [3.8, 4) is 0 Å². The molecule has 0 N–H and O–H groups in total. The molecule has 0 saturated heterocycles. The van der Waals surface area contributed by atoms with Crippen molar-refractivity contribution in [1.29, 1.82) is 0 Å². The molecular weight excluding hydrogens is 331 g/mol. The van der Waals surface area contributed by atoms with E-state index < -0.39 is 12.4 Å². The number of rotatable bonds is 5. The number of alkyl halides is 3. The van der Waals surface area contributed by atoms with Gasteiger partial charge in [-0.15, -0.1) is 11.6 Å². The summed E-state index contributed by atoms with van der Waals surface area (Å²) in [7, 11) is 0. The van der Waals surface area contributed by atoms with Crippen LogP contribution in [0, 0.1) is 0 Å². The SMILES string of the molecule is CCOC(=O)Cc1c(Br)cnc(CCl)c1C(F)F. The monoisotopic (exact) mass is 341 g/mol. The van der Waals surface area contributed by atoms with Crippen molar-refractivity contribution in [1.82, 2.24) is 4.98 Å². The maximum absolute atomic E-state index is 13.0. The van der Waals surface area contributed by atoms with E-state index in [0.29, 0.717) is 4.47 Å². The van der Waals surface area contributed by atoms with Gasteiger partial charge in [-0.25, -0.2) is 8.78 Å². The van der Waals surface area contributed by atoms with Gasteiger partial charge in [0.25, 0.3) is 6.43 Å². The molecule has 0 amide bonds. The molecule has 0 atom stereocenters. The molecule has 1 rings (SSSR count). The van der Waals surface area contributed by atoms with Crippen LogP contribution in [0.25, 0.3) is 0 Å². The van der Waals surface area contributed by atoms with Crippen molar-refractivity contribution in [2.45, 2.75) is 25.7 Å². The van der Waals surface area contributed by atoms with Gasteiger partial charge in [-0.3, -0.25) is 9.78 Å². The van der Waals surface area contributed by atoms with Crippen LogP contribution < -0.4 is 0 Å². The Morgan fingerprint density at radius 1 is 1.61 bits per heavy atom.